The second-order valence-electron chi connectivity index (χ2n) is 10.3. The minimum absolute atomic E-state index is 0.0226. The number of carboxylic acids is 1. The number of nitrogens with one attached hydrogen (secondary N) is 3. The maximum atomic E-state index is 13.1. The molecule has 204 valence electrons. The standard InChI is InChI=1S/C23H35N7O6S/c1-9-18-17(10(2)28-16(32)5-24)22(34)30(18)19(23(35)36)20(9)37-12-4-13(27-6-12)21(33)29-7-11(3-15(25)26)14(31)8-29/h9-14,17-18,27,31H,3-8,24H2,1-2H3,(H3,25,26)(H,28,32)(H,35,36)/t9-,10-,11-,12+,13+,14-,17-,18-/m1/s1. The molecule has 13 nitrogen and oxygen atoms in total. The van der Waals surface area contributed by atoms with Crippen molar-refractivity contribution >= 4 is 41.3 Å². The van der Waals surface area contributed by atoms with Crippen LogP contribution in [0.1, 0.15) is 26.7 Å². The van der Waals surface area contributed by atoms with Crippen LogP contribution in [0.4, 0.5) is 0 Å². The number of thioether (sulfide) groups is 1. The van der Waals surface area contributed by atoms with Gasteiger partial charge in [0.2, 0.25) is 17.7 Å². The summed E-state index contributed by atoms with van der Waals surface area (Å²) in [5, 5.41) is 33.5. The summed E-state index contributed by atoms with van der Waals surface area (Å²) in [6.45, 7) is 4.43. The number of aliphatic hydroxyl groups is 1. The molecule has 8 atom stereocenters. The lowest BCUT2D eigenvalue weighted by molar-refractivity contribution is -0.158. The highest BCUT2D eigenvalue weighted by molar-refractivity contribution is 8.03. The van der Waals surface area contributed by atoms with Crippen LogP contribution < -0.4 is 22.1 Å². The average Bonchev–Trinajstić information content (AvgIpc) is 3.50. The van der Waals surface area contributed by atoms with Gasteiger partial charge in [-0.2, -0.15) is 0 Å². The molecule has 0 aliphatic carbocycles. The van der Waals surface area contributed by atoms with E-state index in [4.69, 9.17) is 16.9 Å². The number of hydrogen-bond acceptors (Lipinski definition) is 9. The number of carboxylic acid groups (broad SMARTS) is 1. The first-order valence-corrected chi connectivity index (χ1v) is 13.3. The Morgan fingerprint density at radius 2 is 2.03 bits per heavy atom. The average molecular weight is 538 g/mol. The molecule has 0 unspecified atom stereocenters. The van der Waals surface area contributed by atoms with Gasteiger partial charge in [0.15, 0.2) is 0 Å². The van der Waals surface area contributed by atoms with Gasteiger partial charge >= 0.3 is 5.97 Å². The lowest BCUT2D eigenvalue weighted by Crippen LogP contribution is -2.66. The summed E-state index contributed by atoms with van der Waals surface area (Å²) in [7, 11) is 0. The van der Waals surface area contributed by atoms with Crippen LogP contribution in [0.5, 0.6) is 0 Å². The zero-order chi connectivity index (χ0) is 27.2. The van der Waals surface area contributed by atoms with Crippen molar-refractivity contribution in [3.8, 4) is 0 Å². The Morgan fingerprint density at radius 1 is 1.32 bits per heavy atom. The van der Waals surface area contributed by atoms with Gasteiger partial charge in [-0.25, -0.2) is 4.79 Å². The van der Waals surface area contributed by atoms with Crippen molar-refractivity contribution in [2.75, 3.05) is 26.2 Å². The number of β-amino-alcohol motifs (C(OH)–C–C–N with tert-alkyl or cyclic N) is 1. The molecule has 0 radical (unpaired) electrons. The molecule has 4 rings (SSSR count). The van der Waals surface area contributed by atoms with Crippen LogP contribution in [0, 0.1) is 23.2 Å². The zero-order valence-corrected chi connectivity index (χ0v) is 21.7. The Kier molecular flexibility index (Phi) is 7.83. The molecule has 4 heterocycles. The number of rotatable bonds is 9. The maximum Gasteiger partial charge on any atom is 0.353 e. The van der Waals surface area contributed by atoms with E-state index in [1.165, 1.54) is 16.7 Å². The normalized spacial score (nSPS) is 33.8. The smallest absolute Gasteiger partial charge is 0.353 e. The number of β-lactam (4-membered cyclic amide) rings is 1. The molecule has 0 bridgehead atoms. The summed E-state index contributed by atoms with van der Waals surface area (Å²) in [4.78, 5) is 53.5. The number of hydrogen-bond donors (Lipinski definition) is 7. The summed E-state index contributed by atoms with van der Waals surface area (Å²) < 4.78 is 0. The number of likely N-dealkylation sites (tertiary alicyclic amines) is 1. The number of amides is 3. The number of carbonyl (C=O) groups excluding carboxylic acids is 3. The first-order chi connectivity index (χ1) is 17.4. The predicted molar refractivity (Wildman–Crippen MR) is 135 cm³/mol. The Labute approximate surface area is 218 Å². The Balaban J connectivity index is 1.41. The molecule has 0 aromatic heterocycles. The molecular formula is C23H35N7O6S. The molecule has 9 N–H and O–H groups in total. The van der Waals surface area contributed by atoms with Crippen LogP contribution in [-0.2, 0) is 19.2 Å². The summed E-state index contributed by atoms with van der Waals surface area (Å²) in [6.07, 6.45) is -0.0203. The van der Waals surface area contributed by atoms with Crippen molar-refractivity contribution < 1.29 is 29.4 Å². The van der Waals surface area contributed by atoms with Gasteiger partial charge in [-0.05, 0) is 13.3 Å². The largest absolute Gasteiger partial charge is 0.477 e. The van der Waals surface area contributed by atoms with E-state index in [1.807, 2.05) is 6.92 Å². The second kappa shape index (κ2) is 10.6. The number of fused-ring (bicyclic) bond motifs is 1. The number of carbonyl (C=O) groups is 4. The fraction of sp³-hybridized carbons (Fsp3) is 0.696. The fourth-order valence-electron chi connectivity index (χ4n) is 6.00. The topological polar surface area (TPSA) is 215 Å². The zero-order valence-electron chi connectivity index (χ0n) is 20.8. The SMILES string of the molecule is C[C@@H](NC(=O)CN)[C@H]1C(=O)N2C(C(=O)O)=C(S[C@@H]3CN[C@H](C(=O)N4C[C@@H](CC(=N)N)[C@H](O)C4)C3)[C@H](C)[C@H]12. The lowest BCUT2D eigenvalue weighted by atomic mass is 9.78. The number of aliphatic carboxylic acids is 1. The van der Waals surface area contributed by atoms with Gasteiger partial charge in [0, 0.05) is 54.1 Å². The second-order valence-corrected chi connectivity index (χ2v) is 11.7. The number of aliphatic hydroxyl groups excluding tert-OH is 1. The predicted octanol–water partition coefficient (Wildman–Crippen LogP) is -2.17. The van der Waals surface area contributed by atoms with Crippen molar-refractivity contribution in [3.05, 3.63) is 10.6 Å². The Bertz CT molecular complexity index is 1040. The molecule has 37 heavy (non-hydrogen) atoms. The quantitative estimate of drug-likeness (QED) is 0.0959. The third-order valence-electron chi connectivity index (χ3n) is 7.79. The summed E-state index contributed by atoms with van der Waals surface area (Å²) in [6, 6.07) is -1.32. The van der Waals surface area contributed by atoms with Gasteiger partial charge in [-0.15, -0.1) is 11.8 Å². The highest BCUT2D eigenvalue weighted by Crippen LogP contribution is 2.51. The van der Waals surface area contributed by atoms with E-state index in [1.54, 1.807) is 11.8 Å². The van der Waals surface area contributed by atoms with Crippen molar-refractivity contribution in [2.45, 2.75) is 56.2 Å². The molecule has 0 aromatic rings. The fourth-order valence-corrected chi connectivity index (χ4v) is 7.48. The highest BCUT2D eigenvalue weighted by Gasteiger charge is 2.60. The van der Waals surface area contributed by atoms with Gasteiger partial charge in [-0.1, -0.05) is 6.92 Å². The molecule has 0 saturated carbocycles. The first-order valence-electron chi connectivity index (χ1n) is 12.4. The van der Waals surface area contributed by atoms with Crippen LogP contribution in [-0.4, -0.2) is 105 Å². The number of amidine groups is 1. The summed E-state index contributed by atoms with van der Waals surface area (Å²) in [5.41, 5.74) is 10.8. The van der Waals surface area contributed by atoms with E-state index in [0.717, 1.165) is 0 Å². The van der Waals surface area contributed by atoms with Crippen LogP contribution in [0.3, 0.4) is 0 Å². The van der Waals surface area contributed by atoms with Crippen molar-refractivity contribution in [1.82, 2.24) is 20.4 Å². The third kappa shape index (κ3) is 5.07. The monoisotopic (exact) mass is 537 g/mol. The molecule has 3 saturated heterocycles. The molecule has 4 aliphatic heterocycles. The molecule has 14 heteroatoms. The maximum absolute atomic E-state index is 13.1. The minimum Gasteiger partial charge on any atom is -0.477 e. The van der Waals surface area contributed by atoms with Gasteiger partial charge in [0.05, 0.1) is 36.5 Å². The Morgan fingerprint density at radius 3 is 2.65 bits per heavy atom. The van der Waals surface area contributed by atoms with Gasteiger partial charge in [0.25, 0.3) is 0 Å². The third-order valence-corrected chi connectivity index (χ3v) is 9.30. The van der Waals surface area contributed by atoms with Crippen LogP contribution in [0.2, 0.25) is 0 Å². The first kappa shape index (κ1) is 27.4. The molecule has 4 aliphatic rings. The molecule has 3 fully saturated rings. The van der Waals surface area contributed by atoms with Crippen LogP contribution in [0.25, 0.3) is 0 Å². The van der Waals surface area contributed by atoms with E-state index >= 15 is 0 Å². The van der Waals surface area contributed by atoms with Gasteiger partial charge in [0.1, 0.15) is 5.70 Å². The number of nitrogens with zero attached hydrogens (tertiary/aromatic N) is 2. The van der Waals surface area contributed by atoms with Crippen molar-refractivity contribution in [2.24, 2.45) is 29.2 Å². The minimum atomic E-state index is -1.18. The van der Waals surface area contributed by atoms with E-state index in [0.29, 0.717) is 24.4 Å². The van der Waals surface area contributed by atoms with E-state index in [9.17, 15) is 29.4 Å². The highest BCUT2D eigenvalue weighted by atomic mass is 32.2. The Hall–Kier alpha value is -2.68. The van der Waals surface area contributed by atoms with Crippen molar-refractivity contribution in [3.63, 3.8) is 0 Å². The molecule has 0 aromatic carbocycles. The van der Waals surface area contributed by atoms with Gasteiger partial charge in [-0.3, -0.25) is 19.8 Å². The van der Waals surface area contributed by atoms with E-state index in [2.05, 4.69) is 10.6 Å². The van der Waals surface area contributed by atoms with Crippen LogP contribution in [0.15, 0.2) is 10.6 Å². The van der Waals surface area contributed by atoms with E-state index < -0.39 is 30.1 Å². The van der Waals surface area contributed by atoms with Crippen LogP contribution >= 0.6 is 11.8 Å². The molecular weight excluding hydrogens is 502 g/mol. The molecule has 0 spiro atoms. The molecule has 3 amide bonds. The van der Waals surface area contributed by atoms with E-state index in [-0.39, 0.29) is 71.9 Å². The summed E-state index contributed by atoms with van der Waals surface area (Å²) >= 11 is 1.38. The van der Waals surface area contributed by atoms with Gasteiger partial charge < -0.3 is 42.1 Å². The number of nitrogens with two attached hydrogens (primary N) is 2. The summed E-state index contributed by atoms with van der Waals surface area (Å²) in [5.74, 6) is -3.10. The lowest BCUT2D eigenvalue weighted by Gasteiger charge is -2.47. The van der Waals surface area contributed by atoms with Crippen molar-refractivity contribution in [1.29, 1.82) is 5.41 Å².